The van der Waals surface area contributed by atoms with Crippen LogP contribution in [-0.2, 0) is 0 Å². The maximum Gasteiger partial charge on any atom is 0.157 e. The quantitative estimate of drug-likeness (QED) is 0.555. The molecule has 6 heteroatoms. The Hall–Kier alpha value is -2.91. The van der Waals surface area contributed by atoms with Gasteiger partial charge in [-0.1, -0.05) is 12.1 Å². The fraction of sp³-hybridized carbons (Fsp3) is 0.0556. The SMILES string of the molecule is Cc1cc(Nc2ccc(Br)cn2)n2c(nc3ccccc32)c1C#N. The topological polar surface area (TPSA) is 66.0 Å². The largest absolute Gasteiger partial charge is 0.326 e. The van der Waals surface area contributed by atoms with Crippen LogP contribution in [0.4, 0.5) is 11.6 Å². The monoisotopic (exact) mass is 377 g/mol. The summed E-state index contributed by atoms with van der Waals surface area (Å²) in [5.41, 5.74) is 3.91. The minimum Gasteiger partial charge on any atom is -0.326 e. The van der Waals surface area contributed by atoms with E-state index in [1.54, 1.807) is 6.20 Å². The molecule has 0 aliphatic carbocycles. The molecule has 1 N–H and O–H groups in total. The van der Waals surface area contributed by atoms with E-state index in [0.29, 0.717) is 11.2 Å². The Labute approximate surface area is 146 Å². The Morgan fingerprint density at radius 1 is 1.21 bits per heavy atom. The molecular formula is C18H12BrN5. The van der Waals surface area contributed by atoms with Crippen LogP contribution in [0.5, 0.6) is 0 Å². The number of aryl methyl sites for hydroxylation is 1. The number of rotatable bonds is 2. The van der Waals surface area contributed by atoms with Crippen LogP contribution in [0.1, 0.15) is 11.1 Å². The van der Waals surface area contributed by atoms with Gasteiger partial charge in [-0.3, -0.25) is 4.40 Å². The normalized spacial score (nSPS) is 10.9. The summed E-state index contributed by atoms with van der Waals surface area (Å²) >= 11 is 3.39. The van der Waals surface area contributed by atoms with Crippen molar-refractivity contribution in [2.75, 3.05) is 5.32 Å². The number of nitriles is 1. The number of nitrogens with one attached hydrogen (secondary N) is 1. The highest BCUT2D eigenvalue weighted by Crippen LogP contribution is 2.28. The van der Waals surface area contributed by atoms with Crippen LogP contribution in [0.25, 0.3) is 16.7 Å². The number of pyridine rings is 2. The first kappa shape index (κ1) is 14.7. The molecule has 0 radical (unpaired) electrons. The van der Waals surface area contributed by atoms with Crippen molar-refractivity contribution in [3.05, 3.63) is 64.3 Å². The first-order valence-electron chi connectivity index (χ1n) is 7.37. The van der Waals surface area contributed by atoms with Crippen molar-refractivity contribution in [2.24, 2.45) is 0 Å². The van der Waals surface area contributed by atoms with Gasteiger partial charge in [-0.15, -0.1) is 0 Å². The average molecular weight is 378 g/mol. The Bertz CT molecular complexity index is 1110. The fourth-order valence-electron chi connectivity index (χ4n) is 2.77. The van der Waals surface area contributed by atoms with Gasteiger partial charge in [0, 0.05) is 10.7 Å². The van der Waals surface area contributed by atoms with E-state index in [0.717, 1.165) is 32.7 Å². The first-order chi connectivity index (χ1) is 11.7. The minimum atomic E-state index is 0.584. The zero-order chi connectivity index (χ0) is 16.7. The van der Waals surface area contributed by atoms with E-state index in [4.69, 9.17) is 0 Å². The molecule has 0 bridgehead atoms. The van der Waals surface area contributed by atoms with Gasteiger partial charge in [0.1, 0.15) is 17.7 Å². The number of halogens is 1. The Morgan fingerprint density at radius 2 is 2.04 bits per heavy atom. The van der Waals surface area contributed by atoms with Crippen molar-refractivity contribution >= 4 is 44.2 Å². The third-order valence-corrected chi connectivity index (χ3v) is 4.34. The number of nitrogens with zero attached hydrogens (tertiary/aromatic N) is 4. The highest BCUT2D eigenvalue weighted by Gasteiger charge is 2.15. The number of hydrogen-bond acceptors (Lipinski definition) is 4. The molecule has 0 amide bonds. The average Bonchev–Trinajstić information content (AvgIpc) is 2.96. The molecule has 5 nitrogen and oxygen atoms in total. The molecule has 0 spiro atoms. The summed E-state index contributed by atoms with van der Waals surface area (Å²) in [6.45, 7) is 1.91. The van der Waals surface area contributed by atoms with Crippen LogP contribution in [0.2, 0.25) is 0 Å². The number of benzene rings is 1. The number of imidazole rings is 1. The second-order valence-electron chi connectivity index (χ2n) is 5.45. The third-order valence-electron chi connectivity index (χ3n) is 3.87. The number of anilines is 2. The van der Waals surface area contributed by atoms with Crippen molar-refractivity contribution in [3.8, 4) is 6.07 Å². The second kappa shape index (κ2) is 5.62. The number of fused-ring (bicyclic) bond motifs is 3. The van der Waals surface area contributed by atoms with Gasteiger partial charge in [0.25, 0.3) is 0 Å². The Morgan fingerprint density at radius 3 is 2.79 bits per heavy atom. The predicted octanol–water partition coefficient (Wildman–Crippen LogP) is 4.57. The maximum atomic E-state index is 9.51. The molecule has 0 aliphatic rings. The highest BCUT2D eigenvalue weighted by molar-refractivity contribution is 9.10. The van der Waals surface area contributed by atoms with Crippen LogP contribution in [-0.4, -0.2) is 14.4 Å². The number of aromatic nitrogens is 3. The van der Waals surface area contributed by atoms with Gasteiger partial charge in [-0.25, -0.2) is 9.97 Å². The molecule has 3 aromatic heterocycles. The summed E-state index contributed by atoms with van der Waals surface area (Å²) in [7, 11) is 0. The van der Waals surface area contributed by atoms with E-state index in [1.165, 1.54) is 0 Å². The van der Waals surface area contributed by atoms with Gasteiger partial charge in [0.2, 0.25) is 0 Å². The summed E-state index contributed by atoms with van der Waals surface area (Å²) in [5.74, 6) is 1.55. The molecule has 4 rings (SSSR count). The van der Waals surface area contributed by atoms with E-state index < -0.39 is 0 Å². The molecular weight excluding hydrogens is 366 g/mol. The second-order valence-corrected chi connectivity index (χ2v) is 6.36. The molecule has 0 saturated heterocycles. The number of hydrogen-bond donors (Lipinski definition) is 1. The molecule has 0 aliphatic heterocycles. The van der Waals surface area contributed by atoms with Crippen molar-refractivity contribution in [3.63, 3.8) is 0 Å². The van der Waals surface area contributed by atoms with Crippen molar-refractivity contribution < 1.29 is 0 Å². The molecule has 24 heavy (non-hydrogen) atoms. The van der Waals surface area contributed by atoms with E-state index >= 15 is 0 Å². The van der Waals surface area contributed by atoms with Crippen LogP contribution in [0.15, 0.2) is 53.1 Å². The van der Waals surface area contributed by atoms with Gasteiger partial charge < -0.3 is 5.32 Å². The fourth-order valence-corrected chi connectivity index (χ4v) is 3.00. The van der Waals surface area contributed by atoms with Crippen molar-refractivity contribution in [1.82, 2.24) is 14.4 Å². The lowest BCUT2D eigenvalue weighted by atomic mass is 10.1. The van der Waals surface area contributed by atoms with Crippen molar-refractivity contribution in [2.45, 2.75) is 6.92 Å². The van der Waals surface area contributed by atoms with Crippen LogP contribution in [0, 0.1) is 18.3 Å². The van der Waals surface area contributed by atoms with Crippen LogP contribution >= 0.6 is 15.9 Å². The first-order valence-corrected chi connectivity index (χ1v) is 8.16. The van der Waals surface area contributed by atoms with E-state index in [2.05, 4.69) is 37.3 Å². The Kier molecular flexibility index (Phi) is 3.44. The molecule has 0 unspecified atom stereocenters. The van der Waals surface area contributed by atoms with E-state index in [1.807, 2.05) is 53.8 Å². The summed E-state index contributed by atoms with van der Waals surface area (Å²) in [6.07, 6.45) is 1.74. The summed E-state index contributed by atoms with van der Waals surface area (Å²) in [5, 5.41) is 12.8. The van der Waals surface area contributed by atoms with Gasteiger partial charge in [0.15, 0.2) is 5.65 Å². The summed E-state index contributed by atoms with van der Waals surface area (Å²) < 4.78 is 2.88. The van der Waals surface area contributed by atoms with Crippen LogP contribution < -0.4 is 5.32 Å². The smallest absolute Gasteiger partial charge is 0.157 e. The number of para-hydroxylation sites is 2. The standard InChI is InChI=1S/C18H12BrN5/c1-11-8-17(23-16-7-6-12(19)10-21-16)24-15-5-3-2-4-14(15)22-18(24)13(11)9-20/h2-8,10H,1H3,(H,21,23). The lowest BCUT2D eigenvalue weighted by Gasteiger charge is -2.12. The zero-order valence-electron chi connectivity index (χ0n) is 12.8. The van der Waals surface area contributed by atoms with E-state index in [9.17, 15) is 5.26 Å². The van der Waals surface area contributed by atoms with Gasteiger partial charge in [0.05, 0.1) is 16.6 Å². The zero-order valence-corrected chi connectivity index (χ0v) is 14.4. The predicted molar refractivity (Wildman–Crippen MR) is 97.4 cm³/mol. The van der Waals surface area contributed by atoms with E-state index in [-0.39, 0.29) is 0 Å². The molecule has 0 saturated carbocycles. The summed E-state index contributed by atoms with van der Waals surface area (Å²) in [6, 6.07) is 15.9. The molecule has 4 aromatic rings. The molecule has 0 atom stereocenters. The maximum absolute atomic E-state index is 9.51. The lowest BCUT2D eigenvalue weighted by molar-refractivity contribution is 1.17. The minimum absolute atomic E-state index is 0.584. The Balaban J connectivity index is 2.01. The van der Waals surface area contributed by atoms with Gasteiger partial charge >= 0.3 is 0 Å². The molecule has 1 aromatic carbocycles. The van der Waals surface area contributed by atoms with Gasteiger partial charge in [-0.05, 0) is 58.7 Å². The highest BCUT2D eigenvalue weighted by atomic mass is 79.9. The third kappa shape index (κ3) is 2.30. The van der Waals surface area contributed by atoms with Crippen LogP contribution in [0.3, 0.4) is 0 Å². The lowest BCUT2D eigenvalue weighted by Crippen LogP contribution is -2.03. The van der Waals surface area contributed by atoms with Crippen molar-refractivity contribution in [1.29, 1.82) is 5.26 Å². The van der Waals surface area contributed by atoms with Gasteiger partial charge in [-0.2, -0.15) is 5.26 Å². The molecule has 0 fully saturated rings. The molecule has 116 valence electrons. The summed E-state index contributed by atoms with van der Waals surface area (Å²) in [4.78, 5) is 9.00. The molecule has 3 heterocycles.